The Morgan fingerprint density at radius 1 is 1.18 bits per heavy atom. The number of nitrogens with zero attached hydrogens (tertiary/aromatic N) is 1. The van der Waals surface area contributed by atoms with Crippen LogP contribution in [-0.4, -0.2) is 57.9 Å². The van der Waals surface area contributed by atoms with E-state index in [1.807, 2.05) is 19.1 Å². The van der Waals surface area contributed by atoms with Crippen molar-refractivity contribution < 1.29 is 22.0 Å². The molecule has 0 bridgehead atoms. The molecule has 2 rings (SSSR count). The second-order valence-electron chi connectivity index (χ2n) is 7.41. The van der Waals surface area contributed by atoms with Crippen LogP contribution >= 0.6 is 0 Å². The predicted molar refractivity (Wildman–Crippen MR) is 104 cm³/mol. The first-order valence-corrected chi connectivity index (χ1v) is 10.9. The van der Waals surface area contributed by atoms with Crippen molar-refractivity contribution >= 4 is 15.9 Å². The second-order valence-corrected chi connectivity index (χ2v) is 9.11. The lowest BCUT2D eigenvalue weighted by atomic mass is 10.0. The van der Waals surface area contributed by atoms with Gasteiger partial charge in [-0.15, -0.1) is 0 Å². The molecule has 2 N–H and O–H groups in total. The largest absolute Gasteiger partial charge is 0.353 e. The second kappa shape index (κ2) is 9.76. The van der Waals surface area contributed by atoms with Gasteiger partial charge < -0.3 is 5.32 Å². The third kappa shape index (κ3) is 6.49. The van der Waals surface area contributed by atoms with Crippen LogP contribution in [0.5, 0.6) is 0 Å². The third-order valence-electron chi connectivity index (χ3n) is 4.87. The predicted octanol–water partition coefficient (Wildman–Crippen LogP) is 2.13. The van der Waals surface area contributed by atoms with Crippen molar-refractivity contribution in [1.29, 1.82) is 0 Å². The van der Waals surface area contributed by atoms with Gasteiger partial charge in [0.1, 0.15) is 0 Å². The topological polar surface area (TPSA) is 78.5 Å². The molecule has 0 radical (unpaired) electrons. The maximum absolute atomic E-state index is 12.6. The van der Waals surface area contributed by atoms with Gasteiger partial charge in [-0.25, -0.2) is 21.9 Å². The number of likely N-dealkylation sites (tertiary alicyclic amines) is 1. The number of hydrogen-bond donors (Lipinski definition) is 2. The van der Waals surface area contributed by atoms with Gasteiger partial charge in [0, 0.05) is 32.1 Å². The lowest BCUT2D eigenvalue weighted by Gasteiger charge is -2.32. The molecule has 1 aliphatic heterocycles. The Morgan fingerprint density at radius 2 is 1.75 bits per heavy atom. The van der Waals surface area contributed by atoms with Gasteiger partial charge in [-0.3, -0.25) is 9.69 Å². The number of piperidine rings is 1. The zero-order valence-electron chi connectivity index (χ0n) is 16.6. The highest BCUT2D eigenvalue weighted by molar-refractivity contribution is 7.89. The van der Waals surface area contributed by atoms with Crippen LogP contribution in [0.3, 0.4) is 0 Å². The number of hydrogen-bond acceptors (Lipinski definition) is 4. The van der Waals surface area contributed by atoms with E-state index in [-0.39, 0.29) is 36.4 Å². The van der Waals surface area contributed by atoms with Gasteiger partial charge in [-0.2, -0.15) is 0 Å². The van der Waals surface area contributed by atoms with Gasteiger partial charge in [0.2, 0.25) is 15.9 Å². The van der Waals surface area contributed by atoms with Crippen LogP contribution in [0, 0.1) is 20.8 Å². The van der Waals surface area contributed by atoms with Crippen LogP contribution in [-0.2, 0) is 14.8 Å². The summed E-state index contributed by atoms with van der Waals surface area (Å²) in [7, 11) is -3.69. The quantitative estimate of drug-likeness (QED) is 0.679. The molecule has 0 aromatic heterocycles. The minimum absolute atomic E-state index is 0.00511. The minimum Gasteiger partial charge on any atom is -0.353 e. The van der Waals surface area contributed by atoms with E-state index in [1.165, 1.54) is 0 Å². The fourth-order valence-corrected chi connectivity index (χ4v) is 5.20. The van der Waals surface area contributed by atoms with Gasteiger partial charge in [0.15, 0.2) is 0 Å². The summed E-state index contributed by atoms with van der Waals surface area (Å²) in [4.78, 5) is 14.0. The maximum atomic E-state index is 12.6. The summed E-state index contributed by atoms with van der Waals surface area (Å²) in [6.45, 7) is 6.22. The zero-order valence-corrected chi connectivity index (χ0v) is 17.4. The number of amides is 1. The number of sulfonamides is 1. The highest BCUT2D eigenvalue weighted by atomic mass is 32.2. The molecule has 9 heteroatoms. The monoisotopic (exact) mass is 417 g/mol. The van der Waals surface area contributed by atoms with Crippen molar-refractivity contribution in [2.45, 2.75) is 57.4 Å². The molecule has 1 fully saturated rings. The maximum Gasteiger partial charge on any atom is 0.251 e. The fourth-order valence-electron chi connectivity index (χ4n) is 3.72. The van der Waals surface area contributed by atoms with Crippen LogP contribution in [0.25, 0.3) is 0 Å². The van der Waals surface area contributed by atoms with Crippen LogP contribution in [0.4, 0.5) is 8.78 Å². The standard InChI is InChI=1S/C19H29F2N3O3S/c1-13-10-14(2)19(15(3)11-13)28(26,27)22-7-4-18(25)23-16-5-8-24(9-6-16)12-17(20)21/h10-11,16-17,22H,4-9,12H2,1-3H3,(H,23,25). The Bertz CT molecular complexity index is 769. The Hall–Kier alpha value is -1.58. The van der Waals surface area contributed by atoms with Crippen LogP contribution in [0.1, 0.15) is 36.0 Å². The number of alkyl halides is 2. The molecular formula is C19H29F2N3O3S. The molecular weight excluding hydrogens is 388 g/mol. The van der Waals surface area contributed by atoms with E-state index in [0.717, 1.165) is 5.56 Å². The normalized spacial score (nSPS) is 16.5. The first-order chi connectivity index (χ1) is 13.1. The summed E-state index contributed by atoms with van der Waals surface area (Å²) >= 11 is 0. The number of nitrogens with one attached hydrogen (secondary N) is 2. The number of rotatable bonds is 8. The number of carbonyl (C=O) groups excluding carboxylic acids is 1. The van der Waals surface area contributed by atoms with Gasteiger partial charge in [0.05, 0.1) is 11.4 Å². The molecule has 1 amide bonds. The molecule has 0 unspecified atom stereocenters. The molecule has 1 saturated heterocycles. The summed E-state index contributed by atoms with van der Waals surface area (Å²) in [6, 6.07) is 3.57. The van der Waals surface area contributed by atoms with E-state index < -0.39 is 16.4 Å². The average molecular weight is 418 g/mol. The lowest BCUT2D eigenvalue weighted by molar-refractivity contribution is -0.122. The summed E-state index contributed by atoms with van der Waals surface area (Å²) in [5, 5.41) is 2.86. The van der Waals surface area contributed by atoms with E-state index >= 15 is 0 Å². The molecule has 1 heterocycles. The van der Waals surface area contributed by atoms with Gasteiger partial charge in [0.25, 0.3) is 6.43 Å². The van der Waals surface area contributed by atoms with Crippen molar-refractivity contribution in [1.82, 2.24) is 14.9 Å². The van der Waals surface area contributed by atoms with Crippen molar-refractivity contribution in [3.63, 3.8) is 0 Å². The number of halogens is 2. The molecule has 28 heavy (non-hydrogen) atoms. The molecule has 0 aliphatic carbocycles. The Morgan fingerprint density at radius 3 is 2.29 bits per heavy atom. The molecule has 0 saturated carbocycles. The smallest absolute Gasteiger partial charge is 0.251 e. The van der Waals surface area contributed by atoms with Crippen LogP contribution in [0.15, 0.2) is 17.0 Å². The fraction of sp³-hybridized carbons (Fsp3) is 0.632. The number of benzene rings is 1. The Labute approximate surface area is 165 Å². The van der Waals surface area contributed by atoms with E-state index in [1.54, 1.807) is 18.7 Å². The Kier molecular flexibility index (Phi) is 7.91. The molecule has 1 aromatic rings. The van der Waals surface area contributed by atoms with Crippen molar-refractivity contribution in [2.24, 2.45) is 0 Å². The molecule has 0 spiro atoms. The van der Waals surface area contributed by atoms with Gasteiger partial charge in [-0.05, 0) is 44.7 Å². The molecule has 6 nitrogen and oxygen atoms in total. The molecule has 1 aliphatic rings. The number of carbonyl (C=O) groups is 1. The van der Waals surface area contributed by atoms with E-state index in [2.05, 4.69) is 10.0 Å². The average Bonchev–Trinajstić information content (AvgIpc) is 2.54. The van der Waals surface area contributed by atoms with Crippen molar-refractivity contribution in [3.8, 4) is 0 Å². The first kappa shape index (κ1) is 22.7. The zero-order chi connectivity index (χ0) is 20.9. The minimum atomic E-state index is -3.69. The molecule has 0 atom stereocenters. The summed E-state index contributed by atoms with van der Waals surface area (Å²) in [6.07, 6.45) is -1.09. The van der Waals surface area contributed by atoms with Crippen LogP contribution < -0.4 is 10.0 Å². The summed E-state index contributed by atoms with van der Waals surface area (Å²) in [5.74, 6) is -0.243. The van der Waals surface area contributed by atoms with E-state index in [9.17, 15) is 22.0 Å². The SMILES string of the molecule is Cc1cc(C)c(S(=O)(=O)NCCC(=O)NC2CCN(CC(F)F)CC2)c(C)c1. The van der Waals surface area contributed by atoms with Gasteiger partial charge in [-0.1, -0.05) is 17.7 Å². The van der Waals surface area contributed by atoms with Crippen LogP contribution in [0.2, 0.25) is 0 Å². The number of aryl methyl sites for hydroxylation is 3. The molecule has 1 aromatic carbocycles. The highest BCUT2D eigenvalue weighted by Crippen LogP contribution is 2.21. The summed E-state index contributed by atoms with van der Waals surface area (Å²) < 4.78 is 52.4. The Balaban J connectivity index is 1.79. The third-order valence-corrected chi connectivity index (χ3v) is 6.63. The highest BCUT2D eigenvalue weighted by Gasteiger charge is 2.23. The lowest BCUT2D eigenvalue weighted by Crippen LogP contribution is -2.46. The van der Waals surface area contributed by atoms with E-state index in [0.29, 0.717) is 37.1 Å². The molecule has 158 valence electrons. The summed E-state index contributed by atoms with van der Waals surface area (Å²) in [5.41, 5.74) is 2.34. The van der Waals surface area contributed by atoms with E-state index in [4.69, 9.17) is 0 Å². The first-order valence-electron chi connectivity index (χ1n) is 9.46. The van der Waals surface area contributed by atoms with Gasteiger partial charge >= 0.3 is 0 Å². The van der Waals surface area contributed by atoms with Crippen molar-refractivity contribution in [3.05, 3.63) is 28.8 Å². The van der Waals surface area contributed by atoms with Crippen molar-refractivity contribution in [2.75, 3.05) is 26.2 Å².